The van der Waals surface area contributed by atoms with Gasteiger partial charge in [-0.25, -0.2) is 14.5 Å². The fourth-order valence-electron chi connectivity index (χ4n) is 4.94. The van der Waals surface area contributed by atoms with E-state index < -0.39 is 18.3 Å². The highest BCUT2D eigenvalue weighted by molar-refractivity contribution is 8.03. The van der Waals surface area contributed by atoms with Crippen LogP contribution in [0.4, 0.5) is 9.59 Å². The minimum atomic E-state index is -0.725. The number of allylic oxidation sites excluding steroid dienone is 1. The van der Waals surface area contributed by atoms with Gasteiger partial charge in [0.15, 0.2) is 0 Å². The van der Waals surface area contributed by atoms with Crippen molar-refractivity contribution >= 4 is 29.9 Å². The Morgan fingerprint density at radius 1 is 0.860 bits per heavy atom. The van der Waals surface area contributed by atoms with Gasteiger partial charge in [0, 0.05) is 44.8 Å². The molecular weight excluding hydrogens is 566 g/mol. The van der Waals surface area contributed by atoms with Crippen LogP contribution in [0.3, 0.4) is 0 Å². The Hall–Kier alpha value is -1.94. The van der Waals surface area contributed by atoms with Crippen molar-refractivity contribution in [2.24, 2.45) is 0 Å². The summed E-state index contributed by atoms with van der Waals surface area (Å²) >= 11 is 1.71. The minimum Gasteiger partial charge on any atom is -0.447 e. The molecule has 1 N–H and O–H groups in total. The summed E-state index contributed by atoms with van der Waals surface area (Å²) in [5.41, 5.74) is 1.16. The van der Waals surface area contributed by atoms with Crippen molar-refractivity contribution in [3.8, 4) is 0 Å². The molecule has 9 nitrogen and oxygen atoms in total. The molecule has 0 aliphatic carbocycles. The minimum absolute atomic E-state index is 0.0519. The number of nitrogens with one attached hydrogen (secondary N) is 1. The van der Waals surface area contributed by atoms with Gasteiger partial charge in [0.05, 0.1) is 5.88 Å². The van der Waals surface area contributed by atoms with Gasteiger partial charge >= 0.3 is 12.2 Å². The largest absolute Gasteiger partial charge is 0.447 e. The Morgan fingerprint density at radius 2 is 1.37 bits per heavy atom. The Labute approximate surface area is 266 Å². The fourth-order valence-corrected chi connectivity index (χ4v) is 6.09. The molecule has 0 spiro atoms. The van der Waals surface area contributed by atoms with Crippen LogP contribution in [0, 0.1) is 0 Å². The van der Waals surface area contributed by atoms with Gasteiger partial charge in [-0.2, -0.15) is 0 Å². The summed E-state index contributed by atoms with van der Waals surface area (Å²) in [6.45, 7) is 6.29. The Kier molecular flexibility index (Phi) is 23.1. The molecular formula is C33H61N3O6S. The zero-order chi connectivity index (χ0) is 31.7. The van der Waals surface area contributed by atoms with Crippen LogP contribution < -0.4 is 5.32 Å². The number of thioether (sulfide) groups is 1. The number of methoxy groups -OCH3 is 1. The van der Waals surface area contributed by atoms with Crippen molar-refractivity contribution < 1.29 is 28.6 Å². The number of hydrogen-bond donors (Lipinski definition) is 1. The molecule has 0 aromatic heterocycles. The van der Waals surface area contributed by atoms with E-state index in [-0.39, 0.29) is 25.7 Å². The molecule has 1 aliphatic heterocycles. The third-order valence-corrected chi connectivity index (χ3v) is 9.36. The summed E-state index contributed by atoms with van der Waals surface area (Å²) in [5, 5.41) is 2.77. The molecule has 0 aromatic carbocycles. The Bertz CT molecular complexity index is 810. The van der Waals surface area contributed by atoms with Crippen molar-refractivity contribution in [3.63, 3.8) is 0 Å². The topological polar surface area (TPSA) is 97.4 Å². The molecule has 0 fully saturated rings. The van der Waals surface area contributed by atoms with E-state index in [0.29, 0.717) is 13.0 Å². The summed E-state index contributed by atoms with van der Waals surface area (Å²) in [5.74, 6) is 0.493. The first-order chi connectivity index (χ1) is 20.8. The summed E-state index contributed by atoms with van der Waals surface area (Å²) < 4.78 is 15.8. The zero-order valence-corrected chi connectivity index (χ0v) is 28.7. The number of imide groups is 1. The number of ether oxygens (including phenoxy) is 3. The molecule has 0 aromatic rings. The lowest BCUT2D eigenvalue weighted by Crippen LogP contribution is -2.39. The first kappa shape index (κ1) is 39.1. The van der Waals surface area contributed by atoms with Crippen LogP contribution in [0.15, 0.2) is 10.6 Å². The fraction of sp³-hybridized carbons (Fsp3) is 0.848. The number of carbonyl (C=O) groups excluding carboxylic acids is 3. The summed E-state index contributed by atoms with van der Waals surface area (Å²) in [4.78, 5) is 41.0. The molecule has 1 rings (SSSR count). The third kappa shape index (κ3) is 19.1. The monoisotopic (exact) mass is 627 g/mol. The molecule has 3 amide bonds. The Morgan fingerprint density at radius 3 is 1.84 bits per heavy atom. The van der Waals surface area contributed by atoms with Crippen LogP contribution in [-0.4, -0.2) is 80.3 Å². The predicted octanol–water partition coefficient (Wildman–Crippen LogP) is 8.23. The molecule has 1 unspecified atom stereocenters. The van der Waals surface area contributed by atoms with Gasteiger partial charge in [-0.1, -0.05) is 103 Å². The maximum atomic E-state index is 12.6. The first-order valence-corrected chi connectivity index (χ1v) is 17.7. The summed E-state index contributed by atoms with van der Waals surface area (Å²) in [6, 6.07) is 0. The molecule has 1 heterocycles. The van der Waals surface area contributed by atoms with Crippen LogP contribution in [-0.2, 0) is 19.0 Å². The molecule has 1 aliphatic rings. The highest BCUT2D eigenvalue weighted by atomic mass is 32.2. The average molecular weight is 628 g/mol. The number of amides is 3. The molecule has 43 heavy (non-hydrogen) atoms. The van der Waals surface area contributed by atoms with Gasteiger partial charge in [0.25, 0.3) is 0 Å². The number of hydrogen-bond acceptors (Lipinski definition) is 8. The second kappa shape index (κ2) is 25.4. The maximum absolute atomic E-state index is 12.6. The number of unbranched alkanes of at least 4 members (excludes halogenated alkanes) is 15. The maximum Gasteiger partial charge on any atom is 0.416 e. The van der Waals surface area contributed by atoms with E-state index in [9.17, 15) is 14.4 Å². The SMILES string of the molecule is CCCCCCCCCCCCCCCCCCNC(=O)OCC(COC(=O)N(CCC1=C(C)N(C)CS1)C(C)=O)OC. The molecule has 0 saturated heterocycles. The van der Waals surface area contributed by atoms with E-state index in [1.807, 2.05) is 14.0 Å². The lowest BCUT2D eigenvalue weighted by Gasteiger charge is -2.21. The number of nitrogens with zero attached hydrogens (tertiary/aromatic N) is 2. The lowest BCUT2D eigenvalue weighted by atomic mass is 10.0. The van der Waals surface area contributed by atoms with E-state index in [2.05, 4.69) is 17.1 Å². The molecule has 10 heteroatoms. The van der Waals surface area contributed by atoms with Crippen molar-refractivity contribution in [3.05, 3.63) is 10.6 Å². The number of alkyl carbamates (subject to hydrolysis) is 1. The standard InChI is InChI=1S/C33H61N3O6S/c1-6-7-8-9-10-11-12-13-14-15-16-17-18-19-20-21-23-34-32(38)41-25-30(40-5)26-42-33(39)36(29(3)37)24-22-31-28(2)35(4)27-43-31/h30H,6-27H2,1-5H3,(H,34,38). The normalized spacial score (nSPS) is 13.7. The van der Waals surface area contributed by atoms with Crippen molar-refractivity contribution in [2.75, 3.05) is 46.3 Å². The van der Waals surface area contributed by atoms with Gasteiger partial charge in [-0.3, -0.25) is 4.79 Å². The third-order valence-electron chi connectivity index (χ3n) is 8.00. The average Bonchev–Trinajstić information content (AvgIpc) is 3.31. The first-order valence-electron chi connectivity index (χ1n) is 16.7. The molecule has 1 atom stereocenters. The zero-order valence-electron chi connectivity index (χ0n) is 27.9. The highest BCUT2D eigenvalue weighted by Gasteiger charge is 2.24. The Balaban J connectivity index is 2.04. The lowest BCUT2D eigenvalue weighted by molar-refractivity contribution is -0.127. The predicted molar refractivity (Wildman–Crippen MR) is 176 cm³/mol. The van der Waals surface area contributed by atoms with Gasteiger partial charge in [0.2, 0.25) is 5.91 Å². The van der Waals surface area contributed by atoms with Gasteiger partial charge in [-0.15, -0.1) is 11.8 Å². The summed E-state index contributed by atoms with van der Waals surface area (Å²) in [6.07, 6.45) is 19.7. The van der Waals surface area contributed by atoms with Gasteiger partial charge < -0.3 is 24.4 Å². The van der Waals surface area contributed by atoms with E-state index in [1.54, 1.807) is 11.8 Å². The van der Waals surface area contributed by atoms with Crippen LogP contribution >= 0.6 is 11.8 Å². The molecule has 250 valence electrons. The van der Waals surface area contributed by atoms with E-state index >= 15 is 0 Å². The highest BCUT2D eigenvalue weighted by Crippen LogP contribution is 2.32. The quantitative estimate of drug-likeness (QED) is 0.101. The molecule has 0 bridgehead atoms. The second-order valence-electron chi connectivity index (χ2n) is 11.7. The molecule has 0 saturated carbocycles. The van der Waals surface area contributed by atoms with E-state index in [1.165, 1.54) is 104 Å². The van der Waals surface area contributed by atoms with Gasteiger partial charge in [-0.05, 0) is 19.8 Å². The van der Waals surface area contributed by atoms with Crippen molar-refractivity contribution in [1.29, 1.82) is 0 Å². The van der Waals surface area contributed by atoms with Crippen LogP contribution in [0.25, 0.3) is 0 Å². The van der Waals surface area contributed by atoms with E-state index in [4.69, 9.17) is 14.2 Å². The molecule has 0 radical (unpaired) electrons. The number of carbonyl (C=O) groups is 3. The smallest absolute Gasteiger partial charge is 0.416 e. The number of rotatable bonds is 25. The van der Waals surface area contributed by atoms with E-state index in [0.717, 1.165) is 34.2 Å². The van der Waals surface area contributed by atoms with Crippen LogP contribution in [0.2, 0.25) is 0 Å². The van der Waals surface area contributed by atoms with Crippen LogP contribution in [0.5, 0.6) is 0 Å². The van der Waals surface area contributed by atoms with Gasteiger partial charge in [0.1, 0.15) is 19.3 Å². The van der Waals surface area contributed by atoms with Crippen molar-refractivity contribution in [1.82, 2.24) is 15.1 Å². The summed E-state index contributed by atoms with van der Waals surface area (Å²) in [7, 11) is 3.48. The van der Waals surface area contributed by atoms with Crippen molar-refractivity contribution in [2.45, 2.75) is 136 Å². The van der Waals surface area contributed by atoms with Crippen LogP contribution in [0.1, 0.15) is 130 Å². The second-order valence-corrected chi connectivity index (χ2v) is 12.7.